The number of anilines is 1. The molecular formula is C14H17ClN4O. The lowest BCUT2D eigenvalue weighted by Gasteiger charge is -2.19. The average molecular weight is 293 g/mol. The van der Waals surface area contributed by atoms with Crippen LogP contribution in [-0.2, 0) is 4.74 Å². The van der Waals surface area contributed by atoms with E-state index in [-0.39, 0.29) is 0 Å². The summed E-state index contributed by atoms with van der Waals surface area (Å²) in [5.41, 5.74) is 1.94. The van der Waals surface area contributed by atoms with Crippen LogP contribution < -0.4 is 5.32 Å². The molecule has 1 aliphatic heterocycles. The fourth-order valence-corrected chi connectivity index (χ4v) is 2.60. The Balaban J connectivity index is 1.85. The maximum Gasteiger partial charge on any atom is 0.138 e. The summed E-state index contributed by atoms with van der Waals surface area (Å²) in [6.07, 6.45) is 6.39. The molecule has 2 heterocycles. The highest BCUT2D eigenvalue weighted by Gasteiger charge is 2.15. The summed E-state index contributed by atoms with van der Waals surface area (Å²) in [5.74, 6) is 0. The zero-order valence-corrected chi connectivity index (χ0v) is 11.9. The third-order valence-electron chi connectivity index (χ3n) is 3.44. The van der Waals surface area contributed by atoms with Crippen molar-refractivity contribution in [3.8, 4) is 5.69 Å². The first-order chi connectivity index (χ1) is 9.83. The maximum atomic E-state index is 6.12. The van der Waals surface area contributed by atoms with Crippen LogP contribution in [0.1, 0.15) is 19.3 Å². The predicted molar refractivity (Wildman–Crippen MR) is 78.4 cm³/mol. The van der Waals surface area contributed by atoms with Crippen LogP contribution in [0.3, 0.4) is 0 Å². The molecule has 1 saturated heterocycles. The lowest BCUT2D eigenvalue weighted by atomic mass is 10.1. The molecule has 20 heavy (non-hydrogen) atoms. The van der Waals surface area contributed by atoms with Gasteiger partial charge >= 0.3 is 0 Å². The van der Waals surface area contributed by atoms with E-state index >= 15 is 0 Å². The van der Waals surface area contributed by atoms with Gasteiger partial charge in [-0.05, 0) is 37.5 Å². The molecule has 1 N–H and O–H groups in total. The second-order valence-corrected chi connectivity index (χ2v) is 5.32. The van der Waals surface area contributed by atoms with Gasteiger partial charge in [-0.15, -0.1) is 0 Å². The Kier molecular flexibility index (Phi) is 4.18. The van der Waals surface area contributed by atoms with Gasteiger partial charge in [0.05, 0.1) is 11.4 Å². The van der Waals surface area contributed by atoms with E-state index in [1.165, 1.54) is 6.33 Å². The second kappa shape index (κ2) is 6.24. The van der Waals surface area contributed by atoms with Gasteiger partial charge in [0, 0.05) is 24.3 Å². The molecular weight excluding hydrogens is 276 g/mol. The molecule has 2 aromatic rings. The number of ether oxygens (including phenoxy) is 1. The van der Waals surface area contributed by atoms with Crippen molar-refractivity contribution in [2.45, 2.75) is 25.3 Å². The van der Waals surface area contributed by atoms with Crippen molar-refractivity contribution in [1.82, 2.24) is 14.8 Å². The van der Waals surface area contributed by atoms with Crippen LogP contribution in [0.15, 0.2) is 30.9 Å². The largest absolute Gasteiger partial charge is 0.381 e. The van der Waals surface area contributed by atoms with E-state index in [1.807, 2.05) is 18.2 Å². The molecule has 1 atom stereocenters. The van der Waals surface area contributed by atoms with Crippen LogP contribution in [0.25, 0.3) is 5.69 Å². The van der Waals surface area contributed by atoms with Crippen molar-refractivity contribution < 1.29 is 4.74 Å². The number of benzene rings is 1. The molecule has 6 heteroatoms. The Bertz CT molecular complexity index is 550. The average Bonchev–Trinajstić information content (AvgIpc) is 2.85. The lowest BCUT2D eigenvalue weighted by Crippen LogP contribution is -2.20. The van der Waals surface area contributed by atoms with Gasteiger partial charge in [-0.2, -0.15) is 5.10 Å². The van der Waals surface area contributed by atoms with E-state index in [9.17, 15) is 0 Å². The SMILES string of the molecule is Clc1ccc(-n2cncn2)c(NC2CCCOCC2)c1. The minimum atomic E-state index is 0.401. The van der Waals surface area contributed by atoms with Crippen LogP contribution in [0.4, 0.5) is 5.69 Å². The fourth-order valence-electron chi connectivity index (χ4n) is 2.42. The van der Waals surface area contributed by atoms with Gasteiger partial charge in [-0.25, -0.2) is 9.67 Å². The van der Waals surface area contributed by atoms with Gasteiger partial charge in [0.1, 0.15) is 12.7 Å². The zero-order valence-electron chi connectivity index (χ0n) is 11.1. The lowest BCUT2D eigenvalue weighted by molar-refractivity contribution is 0.144. The number of halogens is 1. The van der Waals surface area contributed by atoms with Gasteiger partial charge < -0.3 is 10.1 Å². The Hall–Kier alpha value is -1.59. The van der Waals surface area contributed by atoms with Gasteiger partial charge in [0.25, 0.3) is 0 Å². The summed E-state index contributed by atoms with van der Waals surface area (Å²) >= 11 is 6.12. The van der Waals surface area contributed by atoms with Crippen LogP contribution in [0.2, 0.25) is 5.02 Å². The molecule has 0 radical (unpaired) electrons. The van der Waals surface area contributed by atoms with Crippen molar-refractivity contribution in [3.63, 3.8) is 0 Å². The minimum absolute atomic E-state index is 0.401. The fraction of sp³-hybridized carbons (Fsp3) is 0.429. The molecule has 0 saturated carbocycles. The van der Waals surface area contributed by atoms with E-state index in [0.29, 0.717) is 11.1 Å². The molecule has 1 aromatic carbocycles. The second-order valence-electron chi connectivity index (χ2n) is 4.89. The number of hydrogen-bond acceptors (Lipinski definition) is 4. The van der Waals surface area contributed by atoms with Crippen molar-refractivity contribution in [1.29, 1.82) is 0 Å². The molecule has 5 nitrogen and oxygen atoms in total. The molecule has 0 bridgehead atoms. The van der Waals surface area contributed by atoms with Crippen molar-refractivity contribution >= 4 is 17.3 Å². The monoisotopic (exact) mass is 292 g/mol. The molecule has 1 aliphatic rings. The minimum Gasteiger partial charge on any atom is -0.381 e. The van der Waals surface area contributed by atoms with Crippen LogP contribution in [0.5, 0.6) is 0 Å². The van der Waals surface area contributed by atoms with E-state index in [0.717, 1.165) is 43.9 Å². The molecule has 1 aromatic heterocycles. The Morgan fingerprint density at radius 1 is 1.30 bits per heavy atom. The third-order valence-corrected chi connectivity index (χ3v) is 3.67. The summed E-state index contributed by atoms with van der Waals surface area (Å²) in [6.45, 7) is 1.65. The highest BCUT2D eigenvalue weighted by atomic mass is 35.5. The van der Waals surface area contributed by atoms with Crippen LogP contribution in [-0.4, -0.2) is 34.0 Å². The Labute approximate surface area is 122 Å². The van der Waals surface area contributed by atoms with Crippen molar-refractivity contribution in [2.75, 3.05) is 18.5 Å². The maximum absolute atomic E-state index is 6.12. The molecule has 106 valence electrons. The first-order valence-corrected chi connectivity index (χ1v) is 7.19. The van der Waals surface area contributed by atoms with Crippen LogP contribution >= 0.6 is 11.6 Å². The summed E-state index contributed by atoms with van der Waals surface area (Å²) in [6, 6.07) is 6.15. The molecule has 1 fully saturated rings. The van der Waals surface area contributed by atoms with Gasteiger partial charge in [-0.1, -0.05) is 11.6 Å². The molecule has 0 spiro atoms. The summed E-state index contributed by atoms with van der Waals surface area (Å²) in [7, 11) is 0. The highest BCUT2D eigenvalue weighted by molar-refractivity contribution is 6.31. The zero-order chi connectivity index (χ0) is 13.8. The molecule has 0 amide bonds. The van der Waals surface area contributed by atoms with Crippen LogP contribution in [0, 0.1) is 0 Å². The topological polar surface area (TPSA) is 52.0 Å². The van der Waals surface area contributed by atoms with E-state index in [4.69, 9.17) is 16.3 Å². The summed E-state index contributed by atoms with van der Waals surface area (Å²) < 4.78 is 7.24. The van der Waals surface area contributed by atoms with Crippen molar-refractivity contribution in [3.05, 3.63) is 35.9 Å². The Morgan fingerprint density at radius 2 is 2.25 bits per heavy atom. The third kappa shape index (κ3) is 3.11. The predicted octanol–water partition coefficient (Wildman–Crippen LogP) is 2.90. The van der Waals surface area contributed by atoms with E-state index in [1.54, 1.807) is 11.0 Å². The quantitative estimate of drug-likeness (QED) is 0.945. The normalized spacial score (nSPS) is 19.6. The number of aromatic nitrogens is 3. The smallest absolute Gasteiger partial charge is 0.138 e. The summed E-state index contributed by atoms with van der Waals surface area (Å²) in [4.78, 5) is 3.99. The number of hydrogen-bond donors (Lipinski definition) is 1. The van der Waals surface area contributed by atoms with Gasteiger partial charge in [0.2, 0.25) is 0 Å². The van der Waals surface area contributed by atoms with Gasteiger partial charge in [0.15, 0.2) is 0 Å². The van der Waals surface area contributed by atoms with Crippen molar-refractivity contribution in [2.24, 2.45) is 0 Å². The number of nitrogens with zero attached hydrogens (tertiary/aromatic N) is 3. The molecule has 3 rings (SSSR count). The standard InChI is InChI=1S/C14H17ClN4O/c15-11-3-4-14(19-10-16-9-17-19)13(8-11)18-12-2-1-6-20-7-5-12/h3-4,8-10,12,18H,1-2,5-7H2. The first-order valence-electron chi connectivity index (χ1n) is 6.82. The summed E-state index contributed by atoms with van der Waals surface area (Å²) in [5, 5.41) is 8.46. The van der Waals surface area contributed by atoms with Gasteiger partial charge in [-0.3, -0.25) is 0 Å². The van der Waals surface area contributed by atoms with E-state index < -0.39 is 0 Å². The number of nitrogens with one attached hydrogen (secondary N) is 1. The highest BCUT2D eigenvalue weighted by Crippen LogP contribution is 2.26. The first kappa shape index (κ1) is 13.4. The molecule has 1 unspecified atom stereocenters. The number of rotatable bonds is 3. The molecule has 0 aliphatic carbocycles. The van der Waals surface area contributed by atoms with E-state index in [2.05, 4.69) is 15.4 Å². The Morgan fingerprint density at radius 3 is 3.10 bits per heavy atom.